The van der Waals surface area contributed by atoms with Crippen LogP contribution in [-0.2, 0) is 26.3 Å². The third kappa shape index (κ3) is 1.31. The average Bonchev–Trinajstić information content (AvgIpc) is 2.64. The lowest BCUT2D eigenvalue weighted by Gasteiger charge is -2.12. The van der Waals surface area contributed by atoms with Crippen molar-refractivity contribution in [3.63, 3.8) is 0 Å². The van der Waals surface area contributed by atoms with Crippen molar-refractivity contribution in [3.8, 4) is 0 Å². The molecule has 0 atom stereocenters. The largest absolute Gasteiger partial charge is 0.347 e. The first-order valence-electron chi connectivity index (χ1n) is 6.40. The van der Waals surface area contributed by atoms with Gasteiger partial charge in [-0.25, -0.2) is 0 Å². The van der Waals surface area contributed by atoms with Gasteiger partial charge in [0.2, 0.25) is 0 Å². The lowest BCUT2D eigenvalue weighted by Crippen LogP contribution is -2.04. The zero-order valence-electron chi connectivity index (χ0n) is 10.2. The van der Waals surface area contributed by atoms with E-state index in [-0.39, 0.29) is 0 Å². The minimum absolute atomic E-state index is 1.14. The van der Waals surface area contributed by atoms with Crippen molar-refractivity contribution in [2.75, 3.05) is 0 Å². The lowest BCUT2D eigenvalue weighted by atomic mass is 9.95. The molecule has 1 aromatic heterocycles. The maximum atomic E-state index is 2.41. The molecule has 0 aliphatic heterocycles. The summed E-state index contributed by atoms with van der Waals surface area (Å²) in [5, 5.41) is 1.51. The van der Waals surface area contributed by atoms with E-state index in [2.05, 4.69) is 36.7 Å². The molecule has 0 radical (unpaired) electrons. The average molecular weight is 213 g/mol. The SMILES string of the molecule is CCc1ccc2c(c1)c1c(n2C)CCCC1. The second kappa shape index (κ2) is 3.65. The van der Waals surface area contributed by atoms with E-state index in [1.807, 2.05) is 0 Å². The molecule has 0 unspecified atom stereocenters. The zero-order chi connectivity index (χ0) is 11.1. The number of aryl methyl sites for hydroxylation is 3. The molecule has 0 N–H and O–H groups in total. The second-order valence-electron chi connectivity index (χ2n) is 4.90. The fourth-order valence-electron chi connectivity index (χ4n) is 3.03. The van der Waals surface area contributed by atoms with Crippen molar-refractivity contribution in [2.45, 2.75) is 39.0 Å². The second-order valence-corrected chi connectivity index (χ2v) is 4.90. The molecule has 0 bridgehead atoms. The van der Waals surface area contributed by atoms with Crippen molar-refractivity contribution in [1.82, 2.24) is 4.57 Å². The summed E-state index contributed by atoms with van der Waals surface area (Å²) in [4.78, 5) is 0. The molecule has 0 spiro atoms. The van der Waals surface area contributed by atoms with Crippen LogP contribution in [0.15, 0.2) is 18.2 Å². The predicted molar refractivity (Wildman–Crippen MR) is 68.9 cm³/mol. The Kier molecular flexibility index (Phi) is 2.27. The van der Waals surface area contributed by atoms with Crippen molar-refractivity contribution < 1.29 is 0 Å². The molecule has 84 valence electrons. The van der Waals surface area contributed by atoms with Crippen LogP contribution in [0.3, 0.4) is 0 Å². The molecular weight excluding hydrogens is 194 g/mol. The maximum Gasteiger partial charge on any atom is 0.0482 e. The Bertz CT molecular complexity index is 534. The van der Waals surface area contributed by atoms with Crippen LogP contribution in [0.25, 0.3) is 10.9 Å². The van der Waals surface area contributed by atoms with Crippen molar-refractivity contribution in [2.24, 2.45) is 7.05 Å². The highest BCUT2D eigenvalue weighted by atomic mass is 14.9. The summed E-state index contributed by atoms with van der Waals surface area (Å²) >= 11 is 0. The van der Waals surface area contributed by atoms with Gasteiger partial charge in [0.1, 0.15) is 0 Å². The van der Waals surface area contributed by atoms with E-state index in [0.29, 0.717) is 0 Å². The van der Waals surface area contributed by atoms with Gasteiger partial charge in [-0.3, -0.25) is 0 Å². The molecule has 0 fully saturated rings. The topological polar surface area (TPSA) is 4.93 Å². The van der Waals surface area contributed by atoms with Gasteiger partial charge in [0, 0.05) is 23.6 Å². The smallest absolute Gasteiger partial charge is 0.0482 e. The highest BCUT2D eigenvalue weighted by molar-refractivity contribution is 5.86. The minimum atomic E-state index is 1.14. The summed E-state index contributed by atoms with van der Waals surface area (Å²) < 4.78 is 2.41. The third-order valence-electron chi connectivity index (χ3n) is 4.00. The van der Waals surface area contributed by atoms with Crippen molar-refractivity contribution in [3.05, 3.63) is 35.0 Å². The zero-order valence-corrected chi connectivity index (χ0v) is 10.2. The predicted octanol–water partition coefficient (Wildman–Crippen LogP) is 3.62. The van der Waals surface area contributed by atoms with E-state index in [1.54, 1.807) is 11.3 Å². The number of hydrogen-bond donors (Lipinski definition) is 0. The van der Waals surface area contributed by atoms with E-state index in [4.69, 9.17) is 0 Å². The first kappa shape index (κ1) is 9.95. The summed E-state index contributed by atoms with van der Waals surface area (Å²) in [6.45, 7) is 2.23. The van der Waals surface area contributed by atoms with Gasteiger partial charge in [-0.1, -0.05) is 13.0 Å². The summed E-state index contributed by atoms with van der Waals surface area (Å²) in [7, 11) is 2.22. The first-order chi connectivity index (χ1) is 7.81. The minimum Gasteiger partial charge on any atom is -0.347 e. The van der Waals surface area contributed by atoms with Crippen LogP contribution in [0.1, 0.15) is 36.6 Å². The van der Waals surface area contributed by atoms with Gasteiger partial charge in [0.15, 0.2) is 0 Å². The highest BCUT2D eigenvalue weighted by Gasteiger charge is 2.17. The Labute approximate surface area is 97.1 Å². The summed E-state index contributed by atoms with van der Waals surface area (Å²) in [6, 6.07) is 6.97. The Morgan fingerprint density at radius 3 is 2.81 bits per heavy atom. The number of rotatable bonds is 1. The standard InChI is InChI=1S/C15H19N/c1-3-11-8-9-15-13(10-11)12-6-4-5-7-14(12)16(15)2/h8-10H,3-7H2,1-2H3. The number of benzene rings is 1. The van der Waals surface area contributed by atoms with Gasteiger partial charge in [-0.2, -0.15) is 0 Å². The number of hydrogen-bond acceptors (Lipinski definition) is 0. The number of fused-ring (bicyclic) bond motifs is 3. The quantitative estimate of drug-likeness (QED) is 0.682. The Balaban J connectivity index is 2.31. The van der Waals surface area contributed by atoms with Gasteiger partial charge in [-0.15, -0.1) is 0 Å². The van der Waals surface area contributed by atoms with Crippen LogP contribution in [0.5, 0.6) is 0 Å². The normalized spacial score (nSPS) is 15.4. The van der Waals surface area contributed by atoms with Crippen LogP contribution in [0.2, 0.25) is 0 Å². The van der Waals surface area contributed by atoms with Gasteiger partial charge < -0.3 is 4.57 Å². The molecule has 0 saturated carbocycles. The van der Waals surface area contributed by atoms with Crippen LogP contribution in [0, 0.1) is 0 Å². The Hall–Kier alpha value is -1.24. The molecule has 1 nitrogen and oxygen atoms in total. The Morgan fingerprint density at radius 2 is 2.00 bits per heavy atom. The van der Waals surface area contributed by atoms with Gasteiger partial charge in [0.05, 0.1) is 0 Å². The molecule has 3 rings (SSSR count). The molecule has 2 aromatic rings. The fraction of sp³-hybridized carbons (Fsp3) is 0.467. The number of aromatic nitrogens is 1. The Morgan fingerprint density at radius 1 is 1.19 bits per heavy atom. The first-order valence-corrected chi connectivity index (χ1v) is 6.40. The van der Waals surface area contributed by atoms with Crippen LogP contribution < -0.4 is 0 Å². The van der Waals surface area contributed by atoms with Gasteiger partial charge in [0.25, 0.3) is 0 Å². The molecular formula is C15H19N. The van der Waals surface area contributed by atoms with Crippen molar-refractivity contribution in [1.29, 1.82) is 0 Å². The molecule has 1 aromatic carbocycles. The van der Waals surface area contributed by atoms with Crippen LogP contribution >= 0.6 is 0 Å². The monoisotopic (exact) mass is 213 g/mol. The molecule has 1 heteroatoms. The maximum absolute atomic E-state index is 2.41. The molecule has 0 amide bonds. The van der Waals surface area contributed by atoms with Gasteiger partial charge in [-0.05, 0) is 55.4 Å². The van der Waals surface area contributed by atoms with Crippen LogP contribution in [-0.4, -0.2) is 4.57 Å². The highest BCUT2D eigenvalue weighted by Crippen LogP contribution is 2.31. The molecule has 16 heavy (non-hydrogen) atoms. The van der Waals surface area contributed by atoms with Crippen molar-refractivity contribution >= 4 is 10.9 Å². The molecule has 1 heterocycles. The van der Waals surface area contributed by atoms with Crippen LogP contribution in [0.4, 0.5) is 0 Å². The molecule has 0 saturated heterocycles. The van der Waals surface area contributed by atoms with E-state index in [9.17, 15) is 0 Å². The molecule has 1 aliphatic rings. The number of nitrogens with zero attached hydrogens (tertiary/aromatic N) is 1. The van der Waals surface area contributed by atoms with E-state index >= 15 is 0 Å². The van der Waals surface area contributed by atoms with E-state index in [0.717, 1.165) is 6.42 Å². The molecule has 1 aliphatic carbocycles. The van der Waals surface area contributed by atoms with Gasteiger partial charge >= 0.3 is 0 Å². The third-order valence-corrected chi connectivity index (χ3v) is 4.00. The summed E-state index contributed by atoms with van der Waals surface area (Å²) in [6.07, 6.45) is 6.40. The fourth-order valence-corrected chi connectivity index (χ4v) is 3.03. The lowest BCUT2D eigenvalue weighted by molar-refractivity contribution is 0.653. The van der Waals surface area contributed by atoms with E-state index in [1.165, 1.54) is 42.1 Å². The summed E-state index contributed by atoms with van der Waals surface area (Å²) in [5.74, 6) is 0. The van der Waals surface area contributed by atoms with E-state index < -0.39 is 0 Å². The summed E-state index contributed by atoms with van der Waals surface area (Å²) in [5.41, 5.74) is 6.09.